The average molecular weight is 471 g/mol. The first-order valence-corrected chi connectivity index (χ1v) is 10.0. The second kappa shape index (κ2) is 11.0. The highest BCUT2D eigenvalue weighted by Crippen LogP contribution is 2.24. The van der Waals surface area contributed by atoms with E-state index in [1.807, 2.05) is 0 Å². The smallest absolute Gasteiger partial charge is 0.340 e. The number of carbonyl (C=O) groups is 2. The van der Waals surface area contributed by atoms with E-state index < -0.39 is 16.8 Å². The van der Waals surface area contributed by atoms with Crippen molar-refractivity contribution in [1.82, 2.24) is 0 Å². The number of hydrogen-bond donors (Lipinski definition) is 1. The summed E-state index contributed by atoms with van der Waals surface area (Å²) in [5.74, 6) is 0.0129. The molecule has 0 heterocycles. The highest BCUT2D eigenvalue weighted by Gasteiger charge is 2.18. The van der Waals surface area contributed by atoms with Crippen molar-refractivity contribution in [2.75, 3.05) is 25.6 Å². The predicted octanol–water partition coefficient (Wildman–Crippen LogP) is 4.74. The summed E-state index contributed by atoms with van der Waals surface area (Å²) in [5, 5.41) is 13.3. The Morgan fingerprint density at radius 2 is 1.67 bits per heavy atom. The number of halogens is 1. The summed E-state index contributed by atoms with van der Waals surface area (Å²) in [7, 11) is 1.57. The molecular formula is C23H19ClN2O7. The van der Waals surface area contributed by atoms with Crippen molar-refractivity contribution in [3.63, 3.8) is 0 Å². The van der Waals surface area contributed by atoms with Gasteiger partial charge in [-0.25, -0.2) is 4.79 Å². The number of esters is 1. The van der Waals surface area contributed by atoms with Crippen LogP contribution in [-0.4, -0.2) is 37.1 Å². The highest BCUT2D eigenvalue weighted by molar-refractivity contribution is 6.34. The van der Waals surface area contributed by atoms with Crippen molar-refractivity contribution in [2.45, 2.75) is 0 Å². The van der Waals surface area contributed by atoms with E-state index in [2.05, 4.69) is 5.32 Å². The van der Waals surface area contributed by atoms with Crippen LogP contribution in [0.2, 0.25) is 5.02 Å². The Morgan fingerprint density at radius 1 is 0.970 bits per heavy atom. The minimum absolute atomic E-state index is 0.0126. The molecule has 3 aromatic carbocycles. The molecule has 0 spiro atoms. The van der Waals surface area contributed by atoms with Gasteiger partial charge < -0.3 is 19.5 Å². The van der Waals surface area contributed by atoms with Gasteiger partial charge in [-0.05, 0) is 42.5 Å². The number of rotatable bonds is 9. The summed E-state index contributed by atoms with van der Waals surface area (Å²) < 4.78 is 15.8. The molecule has 0 saturated heterocycles. The Balaban J connectivity index is 1.60. The lowest BCUT2D eigenvalue weighted by Crippen LogP contribution is -2.17. The Labute approximate surface area is 194 Å². The summed E-state index contributed by atoms with van der Waals surface area (Å²) in [5.41, 5.74) is 0.127. The lowest BCUT2D eigenvalue weighted by molar-refractivity contribution is -0.384. The van der Waals surface area contributed by atoms with Gasteiger partial charge >= 0.3 is 5.97 Å². The van der Waals surface area contributed by atoms with Crippen LogP contribution in [-0.2, 0) is 4.74 Å². The third-order valence-corrected chi connectivity index (χ3v) is 4.76. The summed E-state index contributed by atoms with van der Waals surface area (Å²) in [4.78, 5) is 35.4. The fourth-order valence-corrected chi connectivity index (χ4v) is 3.07. The number of benzene rings is 3. The molecule has 170 valence electrons. The van der Waals surface area contributed by atoms with Gasteiger partial charge in [-0.15, -0.1) is 0 Å². The number of methoxy groups -OCH3 is 1. The summed E-state index contributed by atoms with van der Waals surface area (Å²) in [6.45, 7) is 0.117. The Bertz CT molecular complexity index is 1170. The largest absolute Gasteiger partial charge is 0.497 e. The molecule has 10 heteroatoms. The van der Waals surface area contributed by atoms with Crippen LogP contribution >= 0.6 is 11.6 Å². The van der Waals surface area contributed by atoms with Crippen LogP contribution < -0.4 is 14.8 Å². The van der Waals surface area contributed by atoms with Crippen LogP contribution in [0.3, 0.4) is 0 Å². The van der Waals surface area contributed by atoms with Crippen molar-refractivity contribution in [2.24, 2.45) is 0 Å². The standard InChI is InChI=1S/C23H19ClN2O7/c1-31-16-7-9-17(10-8-16)32-12-13-33-23(28)19-4-2-3-5-21(19)25-22(27)18-11-6-15(26(29)30)14-20(18)24/h2-11,14H,12-13H2,1H3,(H,25,27). The number of carbonyl (C=O) groups excluding carboxylic acids is 2. The van der Waals surface area contributed by atoms with Crippen LogP contribution in [0.4, 0.5) is 11.4 Å². The fourth-order valence-electron chi connectivity index (χ4n) is 2.81. The molecule has 0 aliphatic carbocycles. The lowest BCUT2D eigenvalue weighted by Gasteiger charge is -2.12. The van der Waals surface area contributed by atoms with Gasteiger partial charge in [-0.2, -0.15) is 0 Å². The Morgan fingerprint density at radius 3 is 2.33 bits per heavy atom. The van der Waals surface area contributed by atoms with Crippen molar-refractivity contribution in [1.29, 1.82) is 0 Å². The zero-order valence-electron chi connectivity index (χ0n) is 17.4. The number of nitro benzene ring substituents is 1. The molecule has 1 N–H and O–H groups in total. The number of para-hydroxylation sites is 1. The maximum absolute atomic E-state index is 12.6. The van der Waals surface area contributed by atoms with Gasteiger partial charge in [0.05, 0.1) is 33.9 Å². The van der Waals surface area contributed by atoms with Crippen LogP contribution in [0.25, 0.3) is 0 Å². The zero-order chi connectivity index (χ0) is 23.8. The molecule has 3 rings (SSSR count). The molecule has 0 bridgehead atoms. The van der Waals surface area contributed by atoms with Crippen molar-refractivity contribution in [3.8, 4) is 11.5 Å². The van der Waals surface area contributed by atoms with Crippen LogP contribution in [0.1, 0.15) is 20.7 Å². The molecule has 0 radical (unpaired) electrons. The normalized spacial score (nSPS) is 10.2. The van der Waals surface area contributed by atoms with E-state index >= 15 is 0 Å². The van der Waals surface area contributed by atoms with Gasteiger partial charge in [0.2, 0.25) is 0 Å². The number of hydrogen-bond acceptors (Lipinski definition) is 7. The number of nitro groups is 1. The lowest BCUT2D eigenvalue weighted by atomic mass is 10.1. The molecule has 1 amide bonds. The molecule has 0 saturated carbocycles. The molecule has 0 aromatic heterocycles. The maximum atomic E-state index is 12.6. The van der Waals surface area contributed by atoms with Gasteiger partial charge in [-0.3, -0.25) is 14.9 Å². The molecule has 33 heavy (non-hydrogen) atoms. The molecule has 3 aromatic rings. The van der Waals surface area contributed by atoms with Crippen LogP contribution in [0, 0.1) is 10.1 Å². The topological polar surface area (TPSA) is 117 Å². The summed E-state index contributed by atoms with van der Waals surface area (Å²) in [6, 6.07) is 16.7. The number of amides is 1. The van der Waals surface area contributed by atoms with Crippen molar-refractivity contribution < 1.29 is 28.7 Å². The van der Waals surface area contributed by atoms with Gasteiger partial charge in [0.15, 0.2) is 0 Å². The first-order chi connectivity index (χ1) is 15.9. The number of ether oxygens (including phenoxy) is 3. The molecular weight excluding hydrogens is 452 g/mol. The van der Waals surface area contributed by atoms with Crippen LogP contribution in [0.5, 0.6) is 11.5 Å². The van der Waals surface area contributed by atoms with Crippen molar-refractivity contribution in [3.05, 3.63) is 93.0 Å². The number of nitrogens with zero attached hydrogens (tertiary/aromatic N) is 1. The molecule has 0 unspecified atom stereocenters. The summed E-state index contributed by atoms with van der Waals surface area (Å²) in [6.07, 6.45) is 0. The molecule has 0 atom stereocenters. The molecule has 0 aliphatic rings. The third-order valence-electron chi connectivity index (χ3n) is 4.45. The highest BCUT2D eigenvalue weighted by atomic mass is 35.5. The Hall–Kier alpha value is -4.11. The number of nitrogens with one attached hydrogen (secondary N) is 1. The quantitative estimate of drug-likeness (QED) is 0.207. The maximum Gasteiger partial charge on any atom is 0.340 e. The van der Waals surface area contributed by atoms with Gasteiger partial charge in [0, 0.05) is 12.1 Å². The van der Waals surface area contributed by atoms with E-state index in [1.165, 1.54) is 24.3 Å². The first kappa shape index (κ1) is 23.6. The van der Waals surface area contributed by atoms with Gasteiger partial charge in [-0.1, -0.05) is 23.7 Å². The van der Waals surface area contributed by atoms with E-state index in [1.54, 1.807) is 43.5 Å². The molecule has 0 fully saturated rings. The second-order valence-electron chi connectivity index (χ2n) is 6.58. The fraction of sp³-hybridized carbons (Fsp3) is 0.130. The van der Waals surface area contributed by atoms with Crippen molar-refractivity contribution >= 4 is 34.9 Å². The monoisotopic (exact) mass is 470 g/mol. The number of non-ortho nitro benzene ring substituents is 1. The van der Waals surface area contributed by atoms with E-state index in [0.29, 0.717) is 11.5 Å². The third kappa shape index (κ3) is 6.20. The van der Waals surface area contributed by atoms with E-state index in [-0.39, 0.29) is 40.7 Å². The van der Waals surface area contributed by atoms with E-state index in [9.17, 15) is 19.7 Å². The predicted molar refractivity (Wildman–Crippen MR) is 121 cm³/mol. The first-order valence-electron chi connectivity index (χ1n) is 9.67. The van der Waals surface area contributed by atoms with E-state index in [4.69, 9.17) is 25.8 Å². The second-order valence-corrected chi connectivity index (χ2v) is 6.99. The zero-order valence-corrected chi connectivity index (χ0v) is 18.2. The Kier molecular flexibility index (Phi) is 7.82. The molecule has 0 aliphatic heterocycles. The summed E-state index contributed by atoms with van der Waals surface area (Å²) >= 11 is 6.01. The average Bonchev–Trinajstić information content (AvgIpc) is 2.82. The minimum Gasteiger partial charge on any atom is -0.497 e. The SMILES string of the molecule is COc1ccc(OCCOC(=O)c2ccccc2NC(=O)c2ccc([N+](=O)[O-])cc2Cl)cc1. The molecule has 9 nitrogen and oxygen atoms in total. The van der Waals surface area contributed by atoms with Gasteiger partial charge in [0.25, 0.3) is 11.6 Å². The number of anilines is 1. The van der Waals surface area contributed by atoms with Gasteiger partial charge in [0.1, 0.15) is 24.7 Å². The minimum atomic E-state index is -0.654. The van der Waals surface area contributed by atoms with E-state index in [0.717, 1.165) is 6.07 Å². The van der Waals surface area contributed by atoms with Crippen LogP contribution in [0.15, 0.2) is 66.7 Å².